The minimum absolute atomic E-state index is 0.00585. The van der Waals surface area contributed by atoms with Crippen molar-refractivity contribution in [2.45, 2.75) is 27.3 Å². The first-order valence-corrected chi connectivity index (χ1v) is 7.93. The number of carbonyl (C=O) groups excluding carboxylic acids is 1. The third-order valence-electron chi connectivity index (χ3n) is 4.95. The number of aromatic amines is 1. The molecular weight excluding hydrogens is 294 g/mol. The van der Waals surface area contributed by atoms with Crippen LogP contribution in [0.15, 0.2) is 4.79 Å². The number of amides is 1. The number of nitrogens with one attached hydrogen (secondary N) is 3. The van der Waals surface area contributed by atoms with Crippen molar-refractivity contribution < 1.29 is 4.79 Å². The van der Waals surface area contributed by atoms with Gasteiger partial charge in [-0.2, -0.15) is 0 Å². The molecule has 124 valence electrons. The lowest BCUT2D eigenvalue weighted by Gasteiger charge is -2.31. The van der Waals surface area contributed by atoms with Crippen LogP contribution in [0.3, 0.4) is 0 Å². The summed E-state index contributed by atoms with van der Waals surface area (Å²) in [4.78, 5) is 28.8. The van der Waals surface area contributed by atoms with Crippen LogP contribution in [0.1, 0.15) is 23.7 Å². The van der Waals surface area contributed by atoms with E-state index in [1.807, 2.05) is 20.8 Å². The molecule has 23 heavy (non-hydrogen) atoms. The maximum atomic E-state index is 12.3. The molecule has 2 aromatic rings. The van der Waals surface area contributed by atoms with Crippen molar-refractivity contribution in [2.24, 2.45) is 18.9 Å². The standard InChI is InChI=1S/C16H23N5O2/c1-8(11-5-17-6-11)15(22)18-7-12-9(2)13-14(19-10(12)3)21(4)20-16(13)23/h8,11,17H,5-7H2,1-4H3,(H,18,22)(H,20,23). The normalized spacial score (nSPS) is 16.3. The number of pyridine rings is 1. The van der Waals surface area contributed by atoms with Gasteiger partial charge < -0.3 is 10.6 Å². The van der Waals surface area contributed by atoms with Crippen LogP contribution in [0.5, 0.6) is 0 Å². The van der Waals surface area contributed by atoms with E-state index in [0.29, 0.717) is 23.5 Å². The van der Waals surface area contributed by atoms with Crippen molar-refractivity contribution in [3.8, 4) is 0 Å². The Hall–Kier alpha value is -2.15. The number of nitrogens with zero attached hydrogens (tertiary/aromatic N) is 2. The Morgan fingerprint density at radius 3 is 2.74 bits per heavy atom. The van der Waals surface area contributed by atoms with Crippen LogP contribution < -0.4 is 16.2 Å². The molecule has 1 atom stereocenters. The van der Waals surface area contributed by atoms with Crippen molar-refractivity contribution in [3.05, 3.63) is 27.2 Å². The fourth-order valence-corrected chi connectivity index (χ4v) is 3.12. The van der Waals surface area contributed by atoms with E-state index in [0.717, 1.165) is 29.9 Å². The molecule has 3 rings (SSSR count). The molecule has 1 aliphatic heterocycles. The van der Waals surface area contributed by atoms with Gasteiger partial charge in [0.15, 0.2) is 5.65 Å². The lowest BCUT2D eigenvalue weighted by atomic mass is 9.88. The van der Waals surface area contributed by atoms with E-state index in [4.69, 9.17) is 0 Å². The Labute approximate surface area is 134 Å². The van der Waals surface area contributed by atoms with Crippen LogP contribution in [0.4, 0.5) is 0 Å². The summed E-state index contributed by atoms with van der Waals surface area (Å²) in [5.41, 5.74) is 3.14. The SMILES string of the molecule is Cc1nc2c(c(C)c1CNC(=O)C(C)C1CNC1)c(=O)[nH]n2C. The predicted octanol–water partition coefficient (Wildman–Crippen LogP) is 0.350. The van der Waals surface area contributed by atoms with E-state index in [2.05, 4.69) is 20.7 Å². The van der Waals surface area contributed by atoms with E-state index < -0.39 is 0 Å². The summed E-state index contributed by atoms with van der Waals surface area (Å²) in [5, 5.41) is 9.51. The third-order valence-corrected chi connectivity index (χ3v) is 4.95. The van der Waals surface area contributed by atoms with Crippen LogP contribution in [0.2, 0.25) is 0 Å². The van der Waals surface area contributed by atoms with Gasteiger partial charge >= 0.3 is 0 Å². The van der Waals surface area contributed by atoms with Gasteiger partial charge in [0.1, 0.15) is 0 Å². The first kappa shape index (κ1) is 15.7. The van der Waals surface area contributed by atoms with E-state index in [1.54, 1.807) is 11.7 Å². The van der Waals surface area contributed by atoms with Gasteiger partial charge in [0.25, 0.3) is 5.56 Å². The van der Waals surface area contributed by atoms with Gasteiger partial charge in [-0.15, -0.1) is 0 Å². The van der Waals surface area contributed by atoms with Crippen molar-refractivity contribution >= 4 is 16.9 Å². The third kappa shape index (κ3) is 2.65. The summed E-state index contributed by atoms with van der Waals surface area (Å²) >= 11 is 0. The molecule has 1 unspecified atom stereocenters. The van der Waals surface area contributed by atoms with E-state index in [9.17, 15) is 9.59 Å². The van der Waals surface area contributed by atoms with Crippen molar-refractivity contribution in [1.82, 2.24) is 25.4 Å². The second kappa shape index (κ2) is 5.81. The lowest BCUT2D eigenvalue weighted by molar-refractivity contribution is -0.126. The minimum atomic E-state index is -0.144. The second-order valence-corrected chi connectivity index (χ2v) is 6.42. The van der Waals surface area contributed by atoms with Gasteiger partial charge in [-0.3, -0.25) is 19.4 Å². The second-order valence-electron chi connectivity index (χ2n) is 6.42. The van der Waals surface area contributed by atoms with E-state index >= 15 is 0 Å². The molecule has 3 N–H and O–H groups in total. The number of aryl methyl sites for hydroxylation is 3. The number of hydrogen-bond donors (Lipinski definition) is 3. The minimum Gasteiger partial charge on any atom is -0.352 e. The molecule has 7 heteroatoms. The van der Waals surface area contributed by atoms with Crippen LogP contribution in [0.25, 0.3) is 11.0 Å². The van der Waals surface area contributed by atoms with Crippen LogP contribution in [-0.2, 0) is 18.4 Å². The fourth-order valence-electron chi connectivity index (χ4n) is 3.12. The highest BCUT2D eigenvalue weighted by Gasteiger charge is 2.28. The Balaban J connectivity index is 1.84. The van der Waals surface area contributed by atoms with Gasteiger partial charge in [-0.05, 0) is 44.0 Å². The molecule has 0 aromatic carbocycles. The number of aromatic nitrogens is 3. The van der Waals surface area contributed by atoms with Crippen LogP contribution in [0, 0.1) is 25.7 Å². The van der Waals surface area contributed by atoms with E-state index in [1.165, 1.54) is 0 Å². The molecule has 0 bridgehead atoms. The molecule has 0 aliphatic carbocycles. The molecule has 1 aliphatic rings. The molecule has 7 nitrogen and oxygen atoms in total. The molecule has 3 heterocycles. The Bertz CT molecular complexity index is 816. The summed E-state index contributed by atoms with van der Waals surface area (Å²) in [6, 6.07) is 0. The molecule has 0 spiro atoms. The molecule has 1 fully saturated rings. The largest absolute Gasteiger partial charge is 0.352 e. The summed E-state index contributed by atoms with van der Waals surface area (Å²) in [5.74, 6) is 0.459. The lowest BCUT2D eigenvalue weighted by Crippen LogP contribution is -2.49. The van der Waals surface area contributed by atoms with Crippen molar-refractivity contribution in [2.75, 3.05) is 13.1 Å². The zero-order chi connectivity index (χ0) is 16.7. The van der Waals surface area contributed by atoms with Crippen molar-refractivity contribution in [1.29, 1.82) is 0 Å². The maximum Gasteiger partial charge on any atom is 0.273 e. The maximum absolute atomic E-state index is 12.3. The predicted molar refractivity (Wildman–Crippen MR) is 88.2 cm³/mol. The monoisotopic (exact) mass is 317 g/mol. The first-order valence-electron chi connectivity index (χ1n) is 7.93. The summed E-state index contributed by atoms with van der Waals surface area (Å²) in [7, 11) is 1.77. The van der Waals surface area contributed by atoms with E-state index in [-0.39, 0.29) is 17.4 Å². The number of H-pyrrole nitrogens is 1. The zero-order valence-corrected chi connectivity index (χ0v) is 14.0. The molecule has 0 saturated carbocycles. The first-order chi connectivity index (χ1) is 10.9. The summed E-state index contributed by atoms with van der Waals surface area (Å²) in [6.07, 6.45) is 0. The van der Waals surface area contributed by atoms with Gasteiger partial charge in [-0.25, -0.2) is 4.98 Å². The topological polar surface area (TPSA) is 91.8 Å². The van der Waals surface area contributed by atoms with Gasteiger partial charge in [0.05, 0.1) is 5.39 Å². The smallest absolute Gasteiger partial charge is 0.273 e. The summed E-state index contributed by atoms with van der Waals surface area (Å²) < 4.78 is 1.63. The molecule has 1 saturated heterocycles. The molecule has 1 amide bonds. The number of carbonyl (C=O) groups is 1. The molecule has 2 aromatic heterocycles. The number of rotatable bonds is 4. The average molecular weight is 317 g/mol. The Morgan fingerprint density at radius 1 is 1.43 bits per heavy atom. The number of fused-ring (bicyclic) bond motifs is 1. The van der Waals surface area contributed by atoms with Gasteiger partial charge in [-0.1, -0.05) is 6.92 Å². The molecular formula is C16H23N5O2. The number of hydrogen-bond acceptors (Lipinski definition) is 4. The van der Waals surface area contributed by atoms with Gasteiger partial charge in [0.2, 0.25) is 5.91 Å². The van der Waals surface area contributed by atoms with Crippen LogP contribution >= 0.6 is 0 Å². The zero-order valence-electron chi connectivity index (χ0n) is 14.0. The fraction of sp³-hybridized carbons (Fsp3) is 0.562. The highest BCUT2D eigenvalue weighted by atomic mass is 16.2. The highest BCUT2D eigenvalue weighted by Crippen LogP contribution is 2.20. The quantitative estimate of drug-likeness (QED) is 0.759. The Morgan fingerprint density at radius 2 is 2.13 bits per heavy atom. The average Bonchev–Trinajstić information content (AvgIpc) is 2.71. The Kier molecular flexibility index (Phi) is 3.97. The van der Waals surface area contributed by atoms with Crippen molar-refractivity contribution in [3.63, 3.8) is 0 Å². The highest BCUT2D eigenvalue weighted by molar-refractivity contribution is 5.81. The summed E-state index contributed by atoms with van der Waals surface area (Å²) in [6.45, 7) is 7.99. The molecule has 0 radical (unpaired) electrons. The van der Waals surface area contributed by atoms with Crippen LogP contribution in [-0.4, -0.2) is 33.8 Å². The van der Waals surface area contributed by atoms with Gasteiger partial charge in [0, 0.05) is 25.2 Å².